The van der Waals surface area contributed by atoms with Gasteiger partial charge >= 0.3 is 5.97 Å². The average molecular weight is 313 g/mol. The van der Waals surface area contributed by atoms with E-state index in [1.165, 1.54) is 11.0 Å². The van der Waals surface area contributed by atoms with Crippen molar-refractivity contribution in [2.45, 2.75) is 25.9 Å². The molecule has 0 saturated carbocycles. The Labute approximate surface area is 127 Å². The van der Waals surface area contributed by atoms with E-state index in [0.717, 1.165) is 5.69 Å². The fourth-order valence-electron chi connectivity index (χ4n) is 2.10. The van der Waals surface area contributed by atoms with Gasteiger partial charge in [-0.05, 0) is 18.1 Å². The highest BCUT2D eigenvalue weighted by atomic mass is 35.5. The fourth-order valence-corrected chi connectivity index (χ4v) is 2.32. The van der Waals surface area contributed by atoms with Crippen molar-refractivity contribution in [2.75, 3.05) is 19.7 Å². The Morgan fingerprint density at radius 2 is 2.19 bits per heavy atom. The van der Waals surface area contributed by atoms with Crippen LogP contribution in [-0.4, -0.2) is 52.7 Å². The molecule has 7 heteroatoms. The van der Waals surface area contributed by atoms with Crippen LogP contribution in [0.15, 0.2) is 12.1 Å². The molecule has 0 radical (unpaired) electrons. The zero-order valence-electron chi connectivity index (χ0n) is 11.9. The maximum atomic E-state index is 12.5. The van der Waals surface area contributed by atoms with E-state index >= 15 is 0 Å². The molecular formula is C14H17ClN2O4. The van der Waals surface area contributed by atoms with Gasteiger partial charge in [-0.2, -0.15) is 0 Å². The zero-order chi connectivity index (χ0) is 15.6. The second kappa shape index (κ2) is 6.41. The van der Waals surface area contributed by atoms with Crippen molar-refractivity contribution in [1.29, 1.82) is 0 Å². The molecule has 1 aliphatic rings. The molecule has 114 valence electrons. The number of carboxylic acids is 1. The standard InChI is InChI=1S/C14H17ClN2O4/c1-8(2)10-5-9(6-12(15)16-10)13(18)17-3-4-21-11(7-17)14(19)20/h5-6,8,11H,3-4,7H2,1-2H3,(H,19,20). The quantitative estimate of drug-likeness (QED) is 0.861. The van der Waals surface area contributed by atoms with Crippen molar-refractivity contribution in [3.63, 3.8) is 0 Å². The molecule has 0 aliphatic carbocycles. The zero-order valence-corrected chi connectivity index (χ0v) is 12.6. The number of amides is 1. The first kappa shape index (κ1) is 15.7. The van der Waals surface area contributed by atoms with Gasteiger partial charge in [-0.15, -0.1) is 0 Å². The van der Waals surface area contributed by atoms with Crippen LogP contribution >= 0.6 is 11.6 Å². The summed E-state index contributed by atoms with van der Waals surface area (Å²) in [5, 5.41) is 9.23. The van der Waals surface area contributed by atoms with Crippen LogP contribution in [-0.2, 0) is 9.53 Å². The van der Waals surface area contributed by atoms with E-state index in [4.69, 9.17) is 21.4 Å². The van der Waals surface area contributed by atoms with Gasteiger partial charge < -0.3 is 14.7 Å². The first-order chi connectivity index (χ1) is 9.88. The van der Waals surface area contributed by atoms with E-state index in [2.05, 4.69) is 4.98 Å². The molecule has 1 amide bonds. The minimum absolute atomic E-state index is 0.0329. The van der Waals surface area contributed by atoms with Crippen LogP contribution in [0.3, 0.4) is 0 Å². The van der Waals surface area contributed by atoms with Crippen LogP contribution in [0.4, 0.5) is 0 Å². The summed E-state index contributed by atoms with van der Waals surface area (Å²) in [5.74, 6) is -1.18. The van der Waals surface area contributed by atoms with Crippen molar-refractivity contribution in [2.24, 2.45) is 0 Å². The number of rotatable bonds is 3. The maximum absolute atomic E-state index is 12.5. The van der Waals surface area contributed by atoms with Gasteiger partial charge in [0.2, 0.25) is 0 Å². The lowest BCUT2D eigenvalue weighted by Gasteiger charge is -2.31. The summed E-state index contributed by atoms with van der Waals surface area (Å²) in [6.45, 7) is 4.52. The molecule has 1 N–H and O–H groups in total. The Morgan fingerprint density at radius 1 is 1.48 bits per heavy atom. The molecule has 0 aromatic carbocycles. The second-order valence-electron chi connectivity index (χ2n) is 5.21. The number of hydrogen-bond acceptors (Lipinski definition) is 4. The van der Waals surface area contributed by atoms with Crippen LogP contribution in [0.2, 0.25) is 5.15 Å². The number of hydrogen-bond donors (Lipinski definition) is 1. The van der Waals surface area contributed by atoms with Crippen molar-refractivity contribution in [3.8, 4) is 0 Å². The third-order valence-corrected chi connectivity index (χ3v) is 3.48. The normalized spacial score (nSPS) is 18.9. The molecule has 2 heterocycles. The summed E-state index contributed by atoms with van der Waals surface area (Å²) in [5.41, 5.74) is 1.15. The van der Waals surface area contributed by atoms with Gasteiger partial charge in [0.05, 0.1) is 13.2 Å². The van der Waals surface area contributed by atoms with Crippen molar-refractivity contribution >= 4 is 23.5 Å². The predicted octanol–water partition coefficient (Wildman–Crippen LogP) is 1.78. The van der Waals surface area contributed by atoms with E-state index in [1.807, 2.05) is 13.8 Å². The lowest BCUT2D eigenvalue weighted by atomic mass is 10.1. The Hall–Kier alpha value is -1.66. The summed E-state index contributed by atoms with van der Waals surface area (Å²) in [6.07, 6.45) is -0.982. The highest BCUT2D eigenvalue weighted by Gasteiger charge is 2.29. The second-order valence-corrected chi connectivity index (χ2v) is 5.59. The van der Waals surface area contributed by atoms with Crippen LogP contribution in [0.25, 0.3) is 0 Å². The Kier molecular flexibility index (Phi) is 4.80. The third-order valence-electron chi connectivity index (χ3n) is 3.28. The molecule has 1 aromatic rings. The average Bonchev–Trinajstić information content (AvgIpc) is 2.45. The minimum Gasteiger partial charge on any atom is -0.479 e. The van der Waals surface area contributed by atoms with Gasteiger partial charge in [-0.1, -0.05) is 25.4 Å². The molecule has 1 saturated heterocycles. The van der Waals surface area contributed by atoms with E-state index in [9.17, 15) is 9.59 Å². The summed E-state index contributed by atoms with van der Waals surface area (Å²) in [6, 6.07) is 3.20. The molecule has 0 bridgehead atoms. The van der Waals surface area contributed by atoms with Crippen molar-refractivity contribution in [3.05, 3.63) is 28.5 Å². The van der Waals surface area contributed by atoms with Crippen LogP contribution < -0.4 is 0 Å². The Bertz CT molecular complexity index is 562. The van der Waals surface area contributed by atoms with Crippen LogP contribution in [0.5, 0.6) is 0 Å². The van der Waals surface area contributed by atoms with Gasteiger partial charge in [0.15, 0.2) is 6.10 Å². The summed E-state index contributed by atoms with van der Waals surface area (Å²) >= 11 is 5.96. The first-order valence-electron chi connectivity index (χ1n) is 6.69. The van der Waals surface area contributed by atoms with Gasteiger partial charge in [-0.25, -0.2) is 9.78 Å². The lowest BCUT2D eigenvalue weighted by molar-refractivity contribution is -0.154. The van der Waals surface area contributed by atoms with Gasteiger partial charge in [0, 0.05) is 17.8 Å². The van der Waals surface area contributed by atoms with E-state index in [-0.39, 0.29) is 30.1 Å². The van der Waals surface area contributed by atoms with E-state index < -0.39 is 12.1 Å². The maximum Gasteiger partial charge on any atom is 0.334 e. The first-order valence-corrected chi connectivity index (χ1v) is 7.07. The van der Waals surface area contributed by atoms with Crippen molar-refractivity contribution in [1.82, 2.24) is 9.88 Å². The van der Waals surface area contributed by atoms with Gasteiger partial charge in [-0.3, -0.25) is 4.79 Å². The van der Waals surface area contributed by atoms with Gasteiger partial charge in [0.1, 0.15) is 5.15 Å². The number of carbonyl (C=O) groups is 2. The Morgan fingerprint density at radius 3 is 2.81 bits per heavy atom. The molecule has 1 aliphatic heterocycles. The molecule has 2 rings (SSSR count). The predicted molar refractivity (Wildman–Crippen MR) is 76.6 cm³/mol. The van der Waals surface area contributed by atoms with Crippen molar-refractivity contribution < 1.29 is 19.4 Å². The molecule has 6 nitrogen and oxygen atoms in total. The number of halogens is 1. The molecular weight excluding hydrogens is 296 g/mol. The third kappa shape index (κ3) is 3.71. The minimum atomic E-state index is -1.07. The van der Waals surface area contributed by atoms with Crippen LogP contribution in [0.1, 0.15) is 35.8 Å². The van der Waals surface area contributed by atoms with Crippen LogP contribution in [0, 0.1) is 0 Å². The number of carboxylic acid groups (broad SMARTS) is 1. The largest absolute Gasteiger partial charge is 0.479 e. The number of ether oxygens (including phenoxy) is 1. The number of carbonyl (C=O) groups excluding carboxylic acids is 1. The highest BCUT2D eigenvalue weighted by Crippen LogP contribution is 2.19. The SMILES string of the molecule is CC(C)c1cc(C(=O)N2CCOC(C(=O)O)C2)cc(Cl)n1. The van der Waals surface area contributed by atoms with E-state index in [1.54, 1.807) is 6.07 Å². The van der Waals surface area contributed by atoms with Gasteiger partial charge in [0.25, 0.3) is 5.91 Å². The summed E-state index contributed by atoms with van der Waals surface area (Å²) in [4.78, 5) is 29.1. The van der Waals surface area contributed by atoms with E-state index in [0.29, 0.717) is 12.1 Å². The molecule has 0 spiro atoms. The number of pyridine rings is 1. The Balaban J connectivity index is 2.21. The lowest BCUT2D eigenvalue weighted by Crippen LogP contribution is -2.48. The monoisotopic (exact) mass is 312 g/mol. The molecule has 1 aromatic heterocycles. The number of aromatic nitrogens is 1. The molecule has 21 heavy (non-hydrogen) atoms. The fraction of sp³-hybridized carbons (Fsp3) is 0.500. The highest BCUT2D eigenvalue weighted by molar-refractivity contribution is 6.29. The number of nitrogens with zero attached hydrogens (tertiary/aromatic N) is 2. The number of aliphatic carboxylic acids is 1. The smallest absolute Gasteiger partial charge is 0.334 e. The summed E-state index contributed by atoms with van der Waals surface area (Å²) in [7, 11) is 0. The summed E-state index contributed by atoms with van der Waals surface area (Å²) < 4.78 is 5.11. The molecule has 1 unspecified atom stereocenters. The number of morpholine rings is 1. The molecule has 1 atom stereocenters. The molecule has 1 fully saturated rings. The topological polar surface area (TPSA) is 79.7 Å².